The monoisotopic (exact) mass is 382 g/mol. The van der Waals surface area contributed by atoms with Crippen molar-refractivity contribution in [1.29, 1.82) is 0 Å². The van der Waals surface area contributed by atoms with Crippen LogP contribution in [0, 0.1) is 17.6 Å². The Balaban J connectivity index is 1.83. The van der Waals surface area contributed by atoms with Gasteiger partial charge in [-0.1, -0.05) is 26.0 Å². The minimum atomic E-state index is -0.812. The topological polar surface area (TPSA) is 48.9 Å². The lowest BCUT2D eigenvalue weighted by atomic mass is 10.1. The Bertz CT molecular complexity index is 610. The van der Waals surface area contributed by atoms with Crippen LogP contribution >= 0.6 is 0 Å². The molecule has 1 unspecified atom stereocenters. The van der Waals surface area contributed by atoms with Crippen molar-refractivity contribution in [2.45, 2.75) is 33.3 Å². The maximum absolute atomic E-state index is 13.7. The largest absolute Gasteiger partial charge is 0.374 e. The summed E-state index contributed by atoms with van der Waals surface area (Å²) < 4.78 is 32.8. The van der Waals surface area contributed by atoms with E-state index in [-0.39, 0.29) is 6.10 Å². The Morgan fingerprint density at radius 1 is 1.33 bits per heavy atom. The summed E-state index contributed by atoms with van der Waals surface area (Å²) in [6, 6.07) is 4.25. The fourth-order valence-electron chi connectivity index (χ4n) is 3.17. The maximum Gasteiger partial charge on any atom is 0.191 e. The Morgan fingerprint density at radius 3 is 2.89 bits per heavy atom. The molecule has 27 heavy (non-hydrogen) atoms. The van der Waals surface area contributed by atoms with E-state index in [0.29, 0.717) is 37.0 Å². The van der Waals surface area contributed by atoms with Gasteiger partial charge < -0.3 is 15.4 Å². The number of rotatable bonds is 8. The first-order valence-electron chi connectivity index (χ1n) is 9.78. The first-order chi connectivity index (χ1) is 13.0. The summed E-state index contributed by atoms with van der Waals surface area (Å²) in [5.41, 5.74) is 0.360. The van der Waals surface area contributed by atoms with E-state index in [1.54, 1.807) is 6.07 Å². The van der Waals surface area contributed by atoms with Gasteiger partial charge in [-0.2, -0.15) is 0 Å². The molecule has 1 fully saturated rings. The predicted octanol–water partition coefficient (Wildman–Crippen LogP) is 2.42. The number of guanidine groups is 1. The molecule has 7 heteroatoms. The van der Waals surface area contributed by atoms with Crippen LogP contribution in [-0.2, 0) is 11.2 Å². The summed E-state index contributed by atoms with van der Waals surface area (Å²) in [6.07, 6.45) is 0.462. The molecule has 1 heterocycles. The molecular weight excluding hydrogens is 350 g/mol. The Labute approximate surface area is 161 Å². The molecule has 0 radical (unpaired) electrons. The van der Waals surface area contributed by atoms with Gasteiger partial charge in [0.1, 0.15) is 0 Å². The lowest BCUT2D eigenvalue weighted by molar-refractivity contribution is -0.0261. The van der Waals surface area contributed by atoms with Gasteiger partial charge in [-0.3, -0.25) is 9.89 Å². The smallest absolute Gasteiger partial charge is 0.191 e. The van der Waals surface area contributed by atoms with Crippen LogP contribution in [0.3, 0.4) is 0 Å². The highest BCUT2D eigenvalue weighted by molar-refractivity contribution is 5.79. The third-order valence-corrected chi connectivity index (χ3v) is 4.36. The number of hydrogen-bond acceptors (Lipinski definition) is 3. The van der Waals surface area contributed by atoms with Gasteiger partial charge in [0.15, 0.2) is 17.6 Å². The first-order valence-corrected chi connectivity index (χ1v) is 9.78. The number of aliphatic imine (C=N–C) groups is 1. The van der Waals surface area contributed by atoms with E-state index in [1.807, 2.05) is 6.92 Å². The normalized spacial score (nSPS) is 18.7. The molecular formula is C20H32F2N4O. The summed E-state index contributed by atoms with van der Waals surface area (Å²) in [5.74, 6) is -0.288. The van der Waals surface area contributed by atoms with Gasteiger partial charge in [0.05, 0.1) is 19.3 Å². The van der Waals surface area contributed by atoms with Gasteiger partial charge in [-0.15, -0.1) is 0 Å². The predicted molar refractivity (Wildman–Crippen MR) is 105 cm³/mol. The van der Waals surface area contributed by atoms with Crippen LogP contribution in [0.4, 0.5) is 8.78 Å². The van der Waals surface area contributed by atoms with Crippen molar-refractivity contribution in [2.75, 3.05) is 45.9 Å². The molecule has 152 valence electrons. The second-order valence-corrected chi connectivity index (χ2v) is 7.26. The maximum atomic E-state index is 13.7. The van der Waals surface area contributed by atoms with Gasteiger partial charge in [-0.25, -0.2) is 8.78 Å². The quantitative estimate of drug-likeness (QED) is 0.536. The van der Waals surface area contributed by atoms with Crippen LogP contribution in [-0.4, -0.2) is 62.8 Å². The summed E-state index contributed by atoms with van der Waals surface area (Å²) in [7, 11) is 0. The van der Waals surface area contributed by atoms with E-state index < -0.39 is 11.6 Å². The van der Waals surface area contributed by atoms with Crippen LogP contribution in [0.5, 0.6) is 0 Å². The fourth-order valence-corrected chi connectivity index (χ4v) is 3.17. The number of nitrogens with zero attached hydrogens (tertiary/aromatic N) is 2. The van der Waals surface area contributed by atoms with Crippen LogP contribution in [0.15, 0.2) is 23.2 Å². The molecule has 0 aromatic heterocycles. The zero-order valence-corrected chi connectivity index (χ0v) is 16.6. The third-order valence-electron chi connectivity index (χ3n) is 4.36. The Hall–Kier alpha value is -1.73. The Morgan fingerprint density at radius 2 is 2.15 bits per heavy atom. The molecule has 1 saturated heterocycles. The zero-order chi connectivity index (χ0) is 19.6. The van der Waals surface area contributed by atoms with Gasteiger partial charge in [0.25, 0.3) is 0 Å². The number of nitrogens with one attached hydrogen (secondary N) is 2. The zero-order valence-electron chi connectivity index (χ0n) is 16.6. The summed E-state index contributed by atoms with van der Waals surface area (Å²) >= 11 is 0. The van der Waals surface area contributed by atoms with Crippen LogP contribution in [0.25, 0.3) is 0 Å². The van der Waals surface area contributed by atoms with Crippen molar-refractivity contribution >= 4 is 5.96 Å². The van der Waals surface area contributed by atoms with Crippen molar-refractivity contribution in [1.82, 2.24) is 15.5 Å². The standard InChI is InChI=1S/C20H32F2N4O/c1-4-23-20(24-9-8-16-6-5-7-18(21)19(16)22)25-12-17-14-26(10-11-27-17)13-15(2)3/h5-7,15,17H,4,8-14H2,1-3H3,(H2,23,24,25). The van der Waals surface area contributed by atoms with E-state index in [0.717, 1.165) is 38.9 Å². The summed E-state index contributed by atoms with van der Waals surface area (Å²) in [4.78, 5) is 7.01. The average molecular weight is 382 g/mol. The molecule has 0 aliphatic carbocycles. The summed E-state index contributed by atoms with van der Waals surface area (Å²) in [6.45, 7) is 11.8. The lowest BCUT2D eigenvalue weighted by Crippen LogP contribution is -2.46. The van der Waals surface area contributed by atoms with Crippen molar-refractivity contribution in [3.8, 4) is 0 Å². The number of morpholine rings is 1. The number of halogens is 2. The molecule has 2 N–H and O–H groups in total. The van der Waals surface area contributed by atoms with E-state index in [4.69, 9.17) is 4.74 Å². The second-order valence-electron chi connectivity index (χ2n) is 7.26. The van der Waals surface area contributed by atoms with Gasteiger partial charge >= 0.3 is 0 Å². The highest BCUT2D eigenvalue weighted by Gasteiger charge is 2.20. The molecule has 0 spiro atoms. The van der Waals surface area contributed by atoms with E-state index in [2.05, 4.69) is 34.4 Å². The van der Waals surface area contributed by atoms with Gasteiger partial charge in [0.2, 0.25) is 0 Å². The number of ether oxygens (including phenoxy) is 1. The fraction of sp³-hybridized carbons (Fsp3) is 0.650. The number of benzene rings is 1. The van der Waals surface area contributed by atoms with Crippen molar-refractivity contribution in [3.63, 3.8) is 0 Å². The molecule has 5 nitrogen and oxygen atoms in total. The lowest BCUT2D eigenvalue weighted by Gasteiger charge is -2.33. The highest BCUT2D eigenvalue weighted by Crippen LogP contribution is 2.11. The molecule has 0 amide bonds. The first kappa shape index (κ1) is 21.6. The number of hydrogen-bond donors (Lipinski definition) is 2. The molecule has 0 bridgehead atoms. The molecule has 1 aliphatic rings. The van der Waals surface area contributed by atoms with Crippen LogP contribution < -0.4 is 10.6 Å². The minimum absolute atomic E-state index is 0.0774. The van der Waals surface area contributed by atoms with Crippen LogP contribution in [0.1, 0.15) is 26.3 Å². The molecule has 0 saturated carbocycles. The minimum Gasteiger partial charge on any atom is -0.374 e. The van der Waals surface area contributed by atoms with Crippen molar-refractivity contribution in [2.24, 2.45) is 10.9 Å². The molecule has 1 aromatic carbocycles. The van der Waals surface area contributed by atoms with Crippen molar-refractivity contribution in [3.05, 3.63) is 35.4 Å². The molecule has 1 aliphatic heterocycles. The third kappa shape index (κ3) is 7.42. The summed E-state index contributed by atoms with van der Waals surface area (Å²) in [5, 5.41) is 6.36. The van der Waals surface area contributed by atoms with E-state index in [9.17, 15) is 8.78 Å². The van der Waals surface area contributed by atoms with E-state index in [1.165, 1.54) is 6.07 Å². The SMILES string of the molecule is CCNC(=NCC1CN(CC(C)C)CCO1)NCCc1cccc(F)c1F. The second kappa shape index (κ2) is 11.2. The van der Waals surface area contributed by atoms with E-state index >= 15 is 0 Å². The van der Waals surface area contributed by atoms with Gasteiger partial charge in [0, 0.05) is 32.7 Å². The highest BCUT2D eigenvalue weighted by atomic mass is 19.2. The van der Waals surface area contributed by atoms with Crippen LogP contribution in [0.2, 0.25) is 0 Å². The average Bonchev–Trinajstić information content (AvgIpc) is 2.63. The molecule has 1 atom stereocenters. The molecule has 2 rings (SSSR count). The van der Waals surface area contributed by atoms with Crippen molar-refractivity contribution < 1.29 is 13.5 Å². The van der Waals surface area contributed by atoms with Gasteiger partial charge in [-0.05, 0) is 30.9 Å². The molecule has 1 aromatic rings. The Kier molecular flexibility index (Phi) is 8.94.